The van der Waals surface area contributed by atoms with Crippen molar-refractivity contribution in [3.05, 3.63) is 65.9 Å². The van der Waals surface area contributed by atoms with E-state index in [1.54, 1.807) is 30.2 Å². The standard InChI is InChI=1S/C29H36N4O5/c1-4-18(2)25-27(35)31-14-12-20-17-21(10-11-23(20)34)38-24-13-15-33(26(24)28(36)32-25)29(37)22(30-3)16-19-8-6-5-7-9-19/h5-12,14,17-18,22,24-26,30,34H,4,13,15-16H2,1-3H3,(H,31,35)(H,32,36). The van der Waals surface area contributed by atoms with Crippen molar-refractivity contribution >= 4 is 23.8 Å². The molecule has 2 aliphatic rings. The van der Waals surface area contributed by atoms with Crippen molar-refractivity contribution < 1.29 is 24.2 Å². The lowest BCUT2D eigenvalue weighted by atomic mass is 9.97. The summed E-state index contributed by atoms with van der Waals surface area (Å²) in [4.78, 5) is 42.2. The minimum atomic E-state index is -0.931. The minimum Gasteiger partial charge on any atom is -0.507 e. The molecule has 5 atom stereocenters. The number of benzene rings is 2. The zero-order chi connectivity index (χ0) is 27.2. The number of amides is 3. The fourth-order valence-electron chi connectivity index (χ4n) is 4.97. The number of aromatic hydroxyl groups is 1. The lowest BCUT2D eigenvalue weighted by Crippen LogP contribution is -2.59. The number of likely N-dealkylation sites (N-methyl/N-ethyl adjacent to an activating group) is 1. The highest BCUT2D eigenvalue weighted by molar-refractivity contribution is 5.94. The van der Waals surface area contributed by atoms with E-state index in [1.807, 2.05) is 44.2 Å². The first-order valence-corrected chi connectivity index (χ1v) is 13.1. The number of rotatable bonds is 6. The van der Waals surface area contributed by atoms with Crippen molar-refractivity contribution in [1.29, 1.82) is 0 Å². The number of phenols is 1. The van der Waals surface area contributed by atoms with E-state index in [0.29, 0.717) is 37.1 Å². The molecule has 4 N–H and O–H groups in total. The number of phenolic OH excluding ortho intramolecular Hbond substituents is 1. The van der Waals surface area contributed by atoms with Gasteiger partial charge in [0.15, 0.2) is 0 Å². The first-order chi connectivity index (χ1) is 18.3. The summed E-state index contributed by atoms with van der Waals surface area (Å²) in [5.74, 6) is -0.673. The zero-order valence-electron chi connectivity index (χ0n) is 22.0. The fourth-order valence-corrected chi connectivity index (χ4v) is 4.97. The topological polar surface area (TPSA) is 120 Å². The van der Waals surface area contributed by atoms with Crippen LogP contribution >= 0.6 is 0 Å². The van der Waals surface area contributed by atoms with E-state index >= 15 is 0 Å². The number of likely N-dealkylation sites (tertiary alicyclic amines) is 1. The van der Waals surface area contributed by atoms with Crippen LogP contribution in [-0.4, -0.2) is 65.5 Å². The van der Waals surface area contributed by atoms with E-state index in [0.717, 1.165) is 5.56 Å². The minimum absolute atomic E-state index is 0.0305. The SMILES string of the molecule is CCC(C)C1NC(=O)C2C(CCN2C(=O)C(Cc2ccccc2)NC)Oc2ccc(O)c(c2)C=CNC1=O. The molecule has 9 nitrogen and oxygen atoms in total. The molecular weight excluding hydrogens is 484 g/mol. The predicted octanol–water partition coefficient (Wildman–Crippen LogP) is 2.20. The Morgan fingerprint density at radius 1 is 1.18 bits per heavy atom. The maximum atomic E-state index is 13.8. The number of nitrogens with one attached hydrogen (secondary N) is 3. The summed E-state index contributed by atoms with van der Waals surface area (Å²) in [5, 5.41) is 19.0. The van der Waals surface area contributed by atoms with E-state index in [9.17, 15) is 19.5 Å². The third kappa shape index (κ3) is 5.99. The summed E-state index contributed by atoms with van der Waals surface area (Å²) in [6.07, 6.45) is 3.97. The molecule has 3 amide bonds. The number of nitrogens with zero attached hydrogens (tertiary/aromatic N) is 1. The van der Waals surface area contributed by atoms with Crippen LogP contribution in [0.25, 0.3) is 6.08 Å². The molecule has 0 radical (unpaired) electrons. The summed E-state index contributed by atoms with van der Waals surface area (Å²) < 4.78 is 6.25. The second-order valence-corrected chi connectivity index (χ2v) is 9.89. The molecule has 1 saturated heterocycles. The summed E-state index contributed by atoms with van der Waals surface area (Å²) in [6.45, 7) is 4.17. The van der Waals surface area contributed by atoms with Gasteiger partial charge in [-0.2, -0.15) is 0 Å². The third-order valence-corrected chi connectivity index (χ3v) is 7.39. The van der Waals surface area contributed by atoms with Crippen LogP contribution in [0.1, 0.15) is 37.8 Å². The first kappa shape index (κ1) is 27.2. The Balaban J connectivity index is 1.68. The Hall–Kier alpha value is -3.85. The highest BCUT2D eigenvalue weighted by atomic mass is 16.5. The lowest BCUT2D eigenvalue weighted by molar-refractivity contribution is -0.142. The molecule has 2 bridgehead atoms. The Morgan fingerprint density at radius 3 is 2.66 bits per heavy atom. The molecule has 9 heteroatoms. The van der Waals surface area contributed by atoms with Gasteiger partial charge in [-0.15, -0.1) is 0 Å². The molecule has 2 aliphatic heterocycles. The van der Waals surface area contributed by atoms with Crippen molar-refractivity contribution in [2.45, 2.75) is 57.3 Å². The van der Waals surface area contributed by atoms with Gasteiger partial charge < -0.3 is 30.7 Å². The highest BCUT2D eigenvalue weighted by Crippen LogP contribution is 2.30. The molecule has 2 heterocycles. The molecule has 202 valence electrons. The normalized spacial score (nSPS) is 23.0. The van der Waals surface area contributed by atoms with Gasteiger partial charge in [-0.1, -0.05) is 50.6 Å². The molecule has 0 aromatic heterocycles. The second-order valence-electron chi connectivity index (χ2n) is 9.89. The van der Waals surface area contributed by atoms with Crippen LogP contribution < -0.4 is 20.7 Å². The van der Waals surface area contributed by atoms with Crippen LogP contribution in [-0.2, 0) is 20.8 Å². The maximum absolute atomic E-state index is 13.8. The molecule has 4 rings (SSSR count). The van der Waals surface area contributed by atoms with Gasteiger partial charge in [0.05, 0.1) is 6.04 Å². The Bertz CT molecular complexity index is 1180. The van der Waals surface area contributed by atoms with Crippen molar-refractivity contribution in [1.82, 2.24) is 20.9 Å². The van der Waals surface area contributed by atoms with Crippen LogP contribution in [0.4, 0.5) is 0 Å². The summed E-state index contributed by atoms with van der Waals surface area (Å²) in [7, 11) is 1.73. The van der Waals surface area contributed by atoms with Crippen LogP contribution in [0, 0.1) is 5.92 Å². The van der Waals surface area contributed by atoms with Crippen LogP contribution in [0.3, 0.4) is 0 Å². The number of fused-ring (bicyclic) bond motifs is 3. The average Bonchev–Trinajstić information content (AvgIpc) is 3.34. The monoisotopic (exact) mass is 520 g/mol. The van der Waals surface area contributed by atoms with Crippen molar-refractivity contribution in [3.63, 3.8) is 0 Å². The van der Waals surface area contributed by atoms with Gasteiger partial charge >= 0.3 is 0 Å². The number of hydrogen-bond acceptors (Lipinski definition) is 6. The number of carbonyl (C=O) groups is 3. The summed E-state index contributed by atoms with van der Waals surface area (Å²) in [6, 6.07) is 12.2. The number of carbonyl (C=O) groups excluding carboxylic acids is 3. The van der Waals surface area contributed by atoms with Crippen molar-refractivity contribution in [3.8, 4) is 11.5 Å². The van der Waals surface area contributed by atoms with Gasteiger partial charge in [-0.25, -0.2) is 0 Å². The lowest BCUT2D eigenvalue weighted by Gasteiger charge is -2.32. The van der Waals surface area contributed by atoms with E-state index in [4.69, 9.17) is 4.74 Å². The average molecular weight is 521 g/mol. The van der Waals surface area contributed by atoms with Crippen LogP contribution in [0.15, 0.2) is 54.7 Å². The molecular formula is C29H36N4O5. The van der Waals surface area contributed by atoms with Crippen molar-refractivity contribution in [2.24, 2.45) is 5.92 Å². The quantitative estimate of drug-likeness (QED) is 0.464. The molecule has 0 aliphatic carbocycles. The molecule has 38 heavy (non-hydrogen) atoms. The molecule has 0 spiro atoms. The van der Waals surface area contributed by atoms with E-state index < -0.39 is 30.1 Å². The highest BCUT2D eigenvalue weighted by Gasteiger charge is 2.46. The Morgan fingerprint density at radius 2 is 1.95 bits per heavy atom. The van der Waals surface area contributed by atoms with Crippen LogP contribution in [0.5, 0.6) is 11.5 Å². The number of hydrogen-bond donors (Lipinski definition) is 4. The van der Waals surface area contributed by atoms with Gasteiger partial charge in [-0.05, 0) is 49.2 Å². The smallest absolute Gasteiger partial charge is 0.247 e. The maximum Gasteiger partial charge on any atom is 0.247 e. The molecule has 5 unspecified atom stereocenters. The molecule has 2 aromatic rings. The second kappa shape index (κ2) is 12.1. The molecule has 1 fully saturated rings. The van der Waals surface area contributed by atoms with Gasteiger partial charge in [0.1, 0.15) is 29.7 Å². The summed E-state index contributed by atoms with van der Waals surface area (Å²) >= 11 is 0. The summed E-state index contributed by atoms with van der Waals surface area (Å²) in [5.41, 5.74) is 1.46. The van der Waals surface area contributed by atoms with E-state index in [1.165, 1.54) is 12.3 Å². The number of ether oxygens (including phenoxy) is 1. The van der Waals surface area contributed by atoms with E-state index in [2.05, 4.69) is 16.0 Å². The van der Waals surface area contributed by atoms with Gasteiger partial charge in [0, 0.05) is 24.7 Å². The third-order valence-electron chi connectivity index (χ3n) is 7.39. The van der Waals surface area contributed by atoms with E-state index in [-0.39, 0.29) is 23.5 Å². The van der Waals surface area contributed by atoms with Gasteiger partial charge in [0.2, 0.25) is 17.7 Å². The Labute approximate surface area is 223 Å². The van der Waals surface area contributed by atoms with Crippen LogP contribution in [0.2, 0.25) is 0 Å². The molecule has 0 saturated carbocycles. The zero-order valence-corrected chi connectivity index (χ0v) is 22.0. The fraction of sp³-hybridized carbons (Fsp3) is 0.414. The first-order valence-electron chi connectivity index (χ1n) is 13.1. The van der Waals surface area contributed by atoms with Gasteiger partial charge in [0.25, 0.3) is 0 Å². The van der Waals surface area contributed by atoms with Gasteiger partial charge in [-0.3, -0.25) is 14.4 Å². The Kier molecular flexibility index (Phi) is 8.68. The predicted molar refractivity (Wildman–Crippen MR) is 144 cm³/mol. The largest absolute Gasteiger partial charge is 0.507 e. The molecule has 2 aromatic carbocycles. The van der Waals surface area contributed by atoms with Crippen molar-refractivity contribution in [2.75, 3.05) is 13.6 Å².